The Morgan fingerprint density at radius 3 is 2.38 bits per heavy atom. The highest BCUT2D eigenvalue weighted by Crippen LogP contribution is 2.29. The molecule has 1 aromatic carbocycles. The molecule has 1 aliphatic rings. The summed E-state index contributed by atoms with van der Waals surface area (Å²) in [7, 11) is -3.44. The first-order chi connectivity index (χ1) is 13.7. The molecule has 0 spiro atoms. The quantitative estimate of drug-likeness (QED) is 0.638. The maximum absolute atomic E-state index is 12.6. The van der Waals surface area contributed by atoms with Crippen molar-refractivity contribution < 1.29 is 18.5 Å². The smallest absolute Gasteiger partial charge is 0.275 e. The van der Waals surface area contributed by atoms with Crippen LogP contribution in [0, 0.1) is 11.8 Å². The lowest BCUT2D eigenvalue weighted by molar-refractivity contribution is -0.682. The molecule has 29 heavy (non-hydrogen) atoms. The van der Waals surface area contributed by atoms with E-state index in [-0.39, 0.29) is 18.0 Å². The van der Waals surface area contributed by atoms with Crippen molar-refractivity contribution in [2.75, 3.05) is 19.6 Å². The van der Waals surface area contributed by atoms with Crippen molar-refractivity contribution in [1.29, 1.82) is 0 Å². The number of carbonyl (C=O) groups is 1. The highest BCUT2D eigenvalue weighted by atomic mass is 32.2. The van der Waals surface area contributed by atoms with E-state index in [0.717, 1.165) is 12.0 Å². The van der Waals surface area contributed by atoms with Gasteiger partial charge in [-0.15, -0.1) is 0 Å². The van der Waals surface area contributed by atoms with E-state index in [0.29, 0.717) is 36.4 Å². The Labute approximate surface area is 176 Å². The monoisotopic (exact) mass is 424 g/mol. The number of amides is 1. The first-order valence-corrected chi connectivity index (χ1v) is 12.4. The molecule has 1 fully saturated rings. The summed E-state index contributed by atoms with van der Waals surface area (Å²) in [5.74, 6) is 1.25. The topological polar surface area (TPSA) is 83.1 Å². The van der Waals surface area contributed by atoms with E-state index < -0.39 is 10.0 Å². The van der Waals surface area contributed by atoms with Crippen molar-refractivity contribution in [3.63, 3.8) is 0 Å². The summed E-state index contributed by atoms with van der Waals surface area (Å²) in [4.78, 5) is 12.7. The fourth-order valence-electron chi connectivity index (χ4n) is 4.13. The molecule has 164 valence electrons. The fraction of sp³-hybridized carbons (Fsp3) is 0.682. The number of carbonyl (C=O) groups excluding carboxylic acids is 1. The third-order valence-corrected chi connectivity index (χ3v) is 8.52. The molecular formula is C22H38N3O3S+. The van der Waals surface area contributed by atoms with Crippen LogP contribution in [0.15, 0.2) is 29.2 Å². The van der Waals surface area contributed by atoms with Crippen LogP contribution < -0.4 is 10.6 Å². The van der Waals surface area contributed by atoms with Gasteiger partial charge in [-0.2, -0.15) is 4.31 Å². The Kier molecular flexibility index (Phi) is 8.67. The molecule has 1 amide bonds. The highest BCUT2D eigenvalue weighted by molar-refractivity contribution is 7.89. The Balaban J connectivity index is 1.91. The van der Waals surface area contributed by atoms with Gasteiger partial charge >= 0.3 is 0 Å². The number of nitrogens with one attached hydrogen (secondary N) is 1. The molecule has 1 saturated carbocycles. The molecule has 0 radical (unpaired) electrons. The van der Waals surface area contributed by atoms with E-state index >= 15 is 0 Å². The lowest BCUT2D eigenvalue weighted by Crippen LogP contribution is -2.87. The van der Waals surface area contributed by atoms with Crippen LogP contribution in [0.3, 0.4) is 0 Å². The Hall–Kier alpha value is -1.44. The summed E-state index contributed by atoms with van der Waals surface area (Å²) >= 11 is 0. The van der Waals surface area contributed by atoms with Gasteiger partial charge in [0.05, 0.1) is 4.90 Å². The second-order valence-electron chi connectivity index (χ2n) is 8.33. The lowest BCUT2D eigenvalue weighted by atomic mass is 9.78. The number of nitrogens with two attached hydrogens (primary N) is 1. The zero-order valence-electron chi connectivity index (χ0n) is 18.5. The number of hydrogen-bond donors (Lipinski definition) is 2. The van der Waals surface area contributed by atoms with Gasteiger partial charge in [0.2, 0.25) is 10.0 Å². The van der Waals surface area contributed by atoms with Crippen LogP contribution in [0.1, 0.15) is 65.5 Å². The summed E-state index contributed by atoms with van der Waals surface area (Å²) in [6.45, 7) is 11.5. The molecule has 0 aliphatic heterocycles. The standard InChI is InChI=1S/C22H37N3O3S/c1-6-25(7-2)29(27,28)20-13-11-19(12-14-20)18(5)23-15-22(26)24-21-10-8-9-16(3)17(21)4/h11-14,16-18,21,23H,6-10,15H2,1-5H3,(H,24,26)/p+1/t16-,17-,18+,21+/m0/s1. The average molecular weight is 425 g/mol. The minimum Gasteiger partial charge on any atom is -0.348 e. The zero-order chi connectivity index (χ0) is 21.6. The SMILES string of the molecule is CCN(CC)S(=O)(=O)c1ccc([C@@H](C)[NH2+]CC(=O)N[C@@H]2CCC[C@H](C)[C@@H]2C)cc1. The van der Waals surface area contributed by atoms with Gasteiger partial charge in [0.15, 0.2) is 6.54 Å². The van der Waals surface area contributed by atoms with Crippen molar-refractivity contribution in [1.82, 2.24) is 9.62 Å². The van der Waals surface area contributed by atoms with Crippen molar-refractivity contribution in [3.05, 3.63) is 29.8 Å². The number of benzene rings is 1. The average Bonchev–Trinajstić information content (AvgIpc) is 2.70. The molecule has 6 nitrogen and oxygen atoms in total. The second kappa shape index (κ2) is 10.5. The fourth-order valence-corrected chi connectivity index (χ4v) is 5.59. The summed E-state index contributed by atoms with van der Waals surface area (Å²) in [5.41, 5.74) is 1.01. The predicted molar refractivity (Wildman–Crippen MR) is 116 cm³/mol. The molecule has 0 aromatic heterocycles. The second-order valence-corrected chi connectivity index (χ2v) is 10.3. The number of hydrogen-bond acceptors (Lipinski definition) is 3. The number of rotatable bonds is 9. The van der Waals surface area contributed by atoms with Crippen LogP contribution in [0.4, 0.5) is 0 Å². The summed E-state index contributed by atoms with van der Waals surface area (Å²) in [5, 5.41) is 5.21. The van der Waals surface area contributed by atoms with Crippen LogP contribution in [-0.4, -0.2) is 44.3 Å². The Morgan fingerprint density at radius 2 is 1.79 bits per heavy atom. The van der Waals surface area contributed by atoms with E-state index in [9.17, 15) is 13.2 Å². The molecule has 2 rings (SSSR count). The molecule has 0 unspecified atom stereocenters. The van der Waals surface area contributed by atoms with Crippen molar-refractivity contribution in [2.24, 2.45) is 11.8 Å². The van der Waals surface area contributed by atoms with Gasteiger partial charge in [0, 0.05) is 24.7 Å². The zero-order valence-corrected chi connectivity index (χ0v) is 19.3. The number of sulfonamides is 1. The van der Waals surface area contributed by atoms with Crippen LogP contribution in [0.2, 0.25) is 0 Å². The van der Waals surface area contributed by atoms with Gasteiger partial charge in [0.25, 0.3) is 5.91 Å². The third kappa shape index (κ3) is 6.03. The van der Waals surface area contributed by atoms with Gasteiger partial charge in [-0.25, -0.2) is 8.42 Å². The number of quaternary nitrogens is 1. The van der Waals surface area contributed by atoms with Crippen LogP contribution >= 0.6 is 0 Å². The van der Waals surface area contributed by atoms with Crippen LogP contribution in [-0.2, 0) is 14.8 Å². The van der Waals surface area contributed by atoms with Gasteiger partial charge in [-0.3, -0.25) is 4.79 Å². The number of nitrogens with zero attached hydrogens (tertiary/aromatic N) is 1. The maximum Gasteiger partial charge on any atom is 0.275 e. The summed E-state index contributed by atoms with van der Waals surface area (Å²) in [6.07, 6.45) is 3.49. The summed E-state index contributed by atoms with van der Waals surface area (Å²) in [6, 6.07) is 7.38. The summed E-state index contributed by atoms with van der Waals surface area (Å²) < 4.78 is 26.6. The maximum atomic E-state index is 12.6. The Bertz CT molecular complexity index is 760. The first kappa shape index (κ1) is 23.8. The lowest BCUT2D eigenvalue weighted by Gasteiger charge is -2.34. The molecule has 0 bridgehead atoms. The normalized spacial score (nSPS) is 23.7. The largest absolute Gasteiger partial charge is 0.348 e. The minimum atomic E-state index is -3.44. The van der Waals surface area contributed by atoms with E-state index in [2.05, 4.69) is 19.2 Å². The molecule has 0 heterocycles. The van der Waals surface area contributed by atoms with Crippen LogP contribution in [0.25, 0.3) is 0 Å². The molecule has 1 aliphatic carbocycles. The molecule has 7 heteroatoms. The van der Waals surface area contributed by atoms with Gasteiger partial charge < -0.3 is 10.6 Å². The van der Waals surface area contributed by atoms with Gasteiger partial charge in [-0.05, 0) is 37.3 Å². The van der Waals surface area contributed by atoms with E-state index in [4.69, 9.17) is 0 Å². The third-order valence-electron chi connectivity index (χ3n) is 6.46. The van der Waals surface area contributed by atoms with Crippen molar-refractivity contribution >= 4 is 15.9 Å². The first-order valence-electron chi connectivity index (χ1n) is 10.9. The molecule has 3 N–H and O–H groups in total. The molecular weight excluding hydrogens is 386 g/mol. The predicted octanol–water partition coefficient (Wildman–Crippen LogP) is 2.28. The minimum absolute atomic E-state index is 0.0727. The van der Waals surface area contributed by atoms with Crippen molar-refractivity contribution in [3.8, 4) is 0 Å². The van der Waals surface area contributed by atoms with Gasteiger partial charge in [0.1, 0.15) is 6.04 Å². The molecule has 1 aromatic rings. The van der Waals surface area contributed by atoms with Crippen LogP contribution in [0.5, 0.6) is 0 Å². The van der Waals surface area contributed by atoms with E-state index in [1.807, 2.05) is 38.2 Å². The van der Waals surface area contributed by atoms with Crippen molar-refractivity contribution in [2.45, 2.75) is 70.9 Å². The Morgan fingerprint density at radius 1 is 1.17 bits per heavy atom. The molecule has 0 saturated heterocycles. The highest BCUT2D eigenvalue weighted by Gasteiger charge is 2.28. The molecule has 4 atom stereocenters. The van der Waals surface area contributed by atoms with E-state index in [1.165, 1.54) is 17.1 Å². The van der Waals surface area contributed by atoms with E-state index in [1.54, 1.807) is 12.1 Å². The van der Waals surface area contributed by atoms with Gasteiger partial charge in [-0.1, -0.05) is 52.7 Å².